The highest BCUT2D eigenvalue weighted by Crippen LogP contribution is 2.16. The van der Waals surface area contributed by atoms with Crippen LogP contribution in [0.2, 0.25) is 0 Å². The van der Waals surface area contributed by atoms with Gasteiger partial charge in [0.15, 0.2) is 0 Å². The maximum Gasteiger partial charge on any atom is 0.270 e. The van der Waals surface area contributed by atoms with Crippen LogP contribution in [0.15, 0.2) is 47.5 Å². The molecule has 0 saturated heterocycles. The second kappa shape index (κ2) is 8.23. The molecule has 2 aromatic rings. The fraction of sp³-hybridized carbons (Fsp3) is 0.188. The zero-order chi connectivity index (χ0) is 18.3. The second-order valence-electron chi connectivity index (χ2n) is 4.86. The minimum Gasteiger partial charge on any atom is -0.479 e. The van der Waals surface area contributed by atoms with Gasteiger partial charge in [-0.05, 0) is 25.1 Å². The molecule has 0 bridgehead atoms. The van der Waals surface area contributed by atoms with Crippen LogP contribution in [0.4, 0.5) is 5.69 Å². The number of nitrogens with zero attached hydrogens (tertiary/aromatic N) is 2. The lowest BCUT2D eigenvalue weighted by atomic mass is 10.3. The lowest BCUT2D eigenvalue weighted by Crippen LogP contribution is -2.24. The highest BCUT2D eigenvalue weighted by Gasteiger charge is 2.16. The molecule has 130 valence electrons. The first kappa shape index (κ1) is 18.4. The Hall–Kier alpha value is -2.96. The van der Waals surface area contributed by atoms with E-state index in [1.807, 2.05) is 6.92 Å². The van der Waals surface area contributed by atoms with Crippen LogP contribution in [0.3, 0.4) is 0 Å². The van der Waals surface area contributed by atoms with Gasteiger partial charge in [-0.3, -0.25) is 15.1 Å². The van der Waals surface area contributed by atoms with E-state index in [9.17, 15) is 18.5 Å². The van der Waals surface area contributed by atoms with Crippen LogP contribution in [0.25, 0.3) is 0 Å². The Bertz CT molecular complexity index is 915. The van der Waals surface area contributed by atoms with Crippen molar-refractivity contribution in [3.05, 3.63) is 58.4 Å². The Morgan fingerprint density at radius 1 is 1.28 bits per heavy atom. The molecule has 1 aromatic carbocycles. The Labute approximate surface area is 145 Å². The van der Waals surface area contributed by atoms with Gasteiger partial charge in [-0.1, -0.05) is 17.9 Å². The number of nitro benzene ring substituents is 1. The van der Waals surface area contributed by atoms with Crippen molar-refractivity contribution < 1.29 is 18.1 Å². The summed E-state index contributed by atoms with van der Waals surface area (Å²) in [5.41, 5.74) is 0.572. The standard InChI is InChI=1S/C16H15N3O5S/c1-13-7-8-15(12-17-13)24-10-3-2-9-18-25(22,23)16-6-4-5-14(11-16)19(20)21/h4-8,11-12,18H,9-10H2,1H3. The van der Waals surface area contributed by atoms with Crippen LogP contribution in [0, 0.1) is 28.9 Å². The molecule has 0 spiro atoms. The molecular formula is C16H15N3O5S. The molecule has 1 N–H and O–H groups in total. The number of sulfonamides is 1. The fourth-order valence-electron chi connectivity index (χ4n) is 1.75. The largest absolute Gasteiger partial charge is 0.479 e. The summed E-state index contributed by atoms with van der Waals surface area (Å²) < 4.78 is 31.7. The predicted molar refractivity (Wildman–Crippen MR) is 90.5 cm³/mol. The first-order valence-corrected chi connectivity index (χ1v) is 8.62. The van der Waals surface area contributed by atoms with E-state index >= 15 is 0 Å². The van der Waals surface area contributed by atoms with E-state index in [0.29, 0.717) is 5.75 Å². The summed E-state index contributed by atoms with van der Waals surface area (Å²) in [6.07, 6.45) is 1.57. The molecule has 0 fully saturated rings. The summed E-state index contributed by atoms with van der Waals surface area (Å²) in [6, 6.07) is 8.35. The van der Waals surface area contributed by atoms with Crippen molar-refractivity contribution in [3.63, 3.8) is 0 Å². The van der Waals surface area contributed by atoms with Crippen LogP contribution in [0.5, 0.6) is 5.75 Å². The smallest absolute Gasteiger partial charge is 0.270 e. The third kappa shape index (κ3) is 5.56. The van der Waals surface area contributed by atoms with Crippen molar-refractivity contribution >= 4 is 15.7 Å². The summed E-state index contributed by atoms with van der Waals surface area (Å²) in [7, 11) is -3.87. The number of nitro groups is 1. The number of nitrogens with one attached hydrogen (secondary N) is 1. The minimum absolute atomic E-state index is 0.0866. The van der Waals surface area contributed by atoms with E-state index in [1.54, 1.807) is 18.3 Å². The van der Waals surface area contributed by atoms with Gasteiger partial charge >= 0.3 is 0 Å². The van der Waals surface area contributed by atoms with Crippen LogP contribution in [-0.4, -0.2) is 31.5 Å². The van der Waals surface area contributed by atoms with E-state index in [1.165, 1.54) is 18.2 Å². The summed E-state index contributed by atoms with van der Waals surface area (Å²) in [5, 5.41) is 10.7. The number of aryl methyl sites for hydroxylation is 1. The molecule has 0 amide bonds. The molecule has 25 heavy (non-hydrogen) atoms. The van der Waals surface area contributed by atoms with Crippen molar-refractivity contribution in [2.45, 2.75) is 11.8 Å². The maximum atomic E-state index is 12.1. The summed E-state index contributed by atoms with van der Waals surface area (Å²) in [6.45, 7) is 1.81. The first-order chi connectivity index (χ1) is 11.9. The van der Waals surface area contributed by atoms with Crippen molar-refractivity contribution in [3.8, 4) is 17.6 Å². The summed E-state index contributed by atoms with van der Waals surface area (Å²) in [4.78, 5) is 13.9. The average Bonchev–Trinajstić information content (AvgIpc) is 2.59. The zero-order valence-corrected chi connectivity index (χ0v) is 14.1. The SMILES string of the molecule is Cc1ccc(OCC#CCNS(=O)(=O)c2cccc([N+](=O)[O-])c2)cn1. The Morgan fingerprint density at radius 3 is 2.76 bits per heavy atom. The topological polar surface area (TPSA) is 111 Å². The van der Waals surface area contributed by atoms with Gasteiger partial charge < -0.3 is 4.74 Å². The quantitative estimate of drug-likeness (QED) is 0.476. The van der Waals surface area contributed by atoms with Gasteiger partial charge in [-0.2, -0.15) is 4.72 Å². The number of benzene rings is 1. The Kier molecular flexibility index (Phi) is 6.05. The molecule has 0 unspecified atom stereocenters. The molecule has 8 nitrogen and oxygen atoms in total. The first-order valence-electron chi connectivity index (χ1n) is 7.14. The van der Waals surface area contributed by atoms with Crippen molar-refractivity contribution in [2.24, 2.45) is 0 Å². The lowest BCUT2D eigenvalue weighted by molar-refractivity contribution is -0.385. The van der Waals surface area contributed by atoms with Gasteiger partial charge in [0.05, 0.1) is 22.6 Å². The third-order valence-corrected chi connectivity index (χ3v) is 4.41. The lowest BCUT2D eigenvalue weighted by Gasteiger charge is -2.03. The Morgan fingerprint density at radius 2 is 2.08 bits per heavy atom. The molecule has 9 heteroatoms. The van der Waals surface area contributed by atoms with Crippen LogP contribution >= 0.6 is 0 Å². The Balaban J connectivity index is 1.87. The maximum absolute atomic E-state index is 12.1. The van der Waals surface area contributed by atoms with Crippen molar-refractivity contribution in [1.29, 1.82) is 0 Å². The van der Waals surface area contributed by atoms with Gasteiger partial charge in [-0.15, -0.1) is 0 Å². The monoisotopic (exact) mass is 361 g/mol. The van der Waals surface area contributed by atoms with Gasteiger partial charge in [0.1, 0.15) is 12.4 Å². The molecule has 2 rings (SSSR count). The van der Waals surface area contributed by atoms with E-state index in [2.05, 4.69) is 21.5 Å². The van der Waals surface area contributed by atoms with E-state index in [4.69, 9.17) is 4.74 Å². The molecule has 1 aromatic heterocycles. The van der Waals surface area contributed by atoms with Crippen molar-refractivity contribution in [1.82, 2.24) is 9.71 Å². The molecule has 1 heterocycles. The molecule has 0 saturated carbocycles. The van der Waals surface area contributed by atoms with E-state index < -0.39 is 14.9 Å². The molecule has 0 aliphatic carbocycles. The number of aromatic nitrogens is 1. The molecule has 0 radical (unpaired) electrons. The molecular weight excluding hydrogens is 346 g/mol. The van der Waals surface area contributed by atoms with Gasteiger partial charge in [-0.25, -0.2) is 8.42 Å². The van der Waals surface area contributed by atoms with Crippen LogP contribution in [0.1, 0.15) is 5.69 Å². The highest BCUT2D eigenvalue weighted by molar-refractivity contribution is 7.89. The summed E-state index contributed by atoms with van der Waals surface area (Å²) in [5.74, 6) is 5.84. The summed E-state index contributed by atoms with van der Waals surface area (Å²) >= 11 is 0. The zero-order valence-electron chi connectivity index (χ0n) is 13.3. The average molecular weight is 361 g/mol. The molecule has 0 atom stereocenters. The van der Waals surface area contributed by atoms with Gasteiger partial charge in [0.25, 0.3) is 5.69 Å². The number of rotatable bonds is 6. The van der Waals surface area contributed by atoms with Crippen LogP contribution in [-0.2, 0) is 10.0 Å². The number of ether oxygens (including phenoxy) is 1. The number of hydrogen-bond acceptors (Lipinski definition) is 6. The third-order valence-electron chi connectivity index (χ3n) is 3.01. The highest BCUT2D eigenvalue weighted by atomic mass is 32.2. The van der Waals surface area contributed by atoms with Gasteiger partial charge in [0, 0.05) is 17.8 Å². The van der Waals surface area contributed by atoms with Crippen LogP contribution < -0.4 is 9.46 Å². The number of hydrogen-bond donors (Lipinski definition) is 1. The van der Waals surface area contributed by atoms with E-state index in [0.717, 1.165) is 11.8 Å². The van der Waals surface area contributed by atoms with Gasteiger partial charge in [0.2, 0.25) is 10.0 Å². The predicted octanol–water partition coefficient (Wildman–Crippen LogP) is 1.66. The van der Waals surface area contributed by atoms with Crippen molar-refractivity contribution in [2.75, 3.05) is 13.2 Å². The number of non-ortho nitro benzene ring substituents is 1. The number of pyridine rings is 1. The normalized spacial score (nSPS) is 10.6. The molecule has 0 aliphatic heterocycles. The fourth-order valence-corrected chi connectivity index (χ4v) is 2.71. The van der Waals surface area contributed by atoms with E-state index in [-0.39, 0.29) is 23.7 Å². The molecule has 0 aliphatic rings. The minimum atomic E-state index is -3.87. The second-order valence-corrected chi connectivity index (χ2v) is 6.62.